The van der Waals surface area contributed by atoms with Crippen LogP contribution in [0.15, 0.2) is 53.9 Å². The van der Waals surface area contributed by atoms with Gasteiger partial charge in [-0.15, -0.1) is 11.3 Å². The zero-order valence-corrected chi connectivity index (χ0v) is 16.7. The Morgan fingerprint density at radius 1 is 1.15 bits per heavy atom. The molecule has 0 bridgehead atoms. The average molecular weight is 381 g/mol. The average Bonchev–Trinajstić information content (AvgIpc) is 3.15. The summed E-state index contributed by atoms with van der Waals surface area (Å²) >= 11 is 1.57. The number of ether oxygens (including phenoxy) is 1. The zero-order chi connectivity index (χ0) is 19.2. The van der Waals surface area contributed by atoms with E-state index in [4.69, 9.17) is 4.74 Å². The van der Waals surface area contributed by atoms with Crippen LogP contribution in [0.3, 0.4) is 0 Å². The summed E-state index contributed by atoms with van der Waals surface area (Å²) in [5.41, 5.74) is 4.18. The molecule has 2 aromatic carbocycles. The van der Waals surface area contributed by atoms with Gasteiger partial charge in [-0.3, -0.25) is 4.79 Å². The van der Waals surface area contributed by atoms with Crippen molar-refractivity contribution in [3.05, 3.63) is 70.7 Å². The highest BCUT2D eigenvalue weighted by molar-refractivity contribution is 7.13. The number of amides is 1. The Balaban J connectivity index is 1.63. The van der Waals surface area contributed by atoms with Crippen molar-refractivity contribution in [3.63, 3.8) is 0 Å². The molecule has 1 aromatic heterocycles. The lowest BCUT2D eigenvalue weighted by Gasteiger charge is -2.17. The summed E-state index contributed by atoms with van der Waals surface area (Å²) < 4.78 is 5.19. The van der Waals surface area contributed by atoms with E-state index in [1.807, 2.05) is 29.6 Å². The molecule has 5 heteroatoms. The molecule has 0 radical (unpaired) electrons. The number of thiazole rings is 1. The summed E-state index contributed by atoms with van der Waals surface area (Å²) in [6, 6.07) is 16.1. The second-order valence-corrected chi connectivity index (χ2v) is 7.35. The molecule has 27 heavy (non-hydrogen) atoms. The zero-order valence-electron chi connectivity index (χ0n) is 15.9. The lowest BCUT2D eigenvalue weighted by molar-refractivity contribution is -0.121. The van der Waals surface area contributed by atoms with Crippen LogP contribution < -0.4 is 10.1 Å². The monoisotopic (exact) mass is 380 g/mol. The van der Waals surface area contributed by atoms with Gasteiger partial charge in [0, 0.05) is 10.9 Å². The van der Waals surface area contributed by atoms with Gasteiger partial charge in [0.25, 0.3) is 0 Å². The molecule has 3 aromatic rings. The Bertz CT molecular complexity index is 885. The quantitative estimate of drug-likeness (QED) is 0.632. The highest BCUT2D eigenvalue weighted by Gasteiger charge is 2.15. The number of carbonyl (C=O) groups excluding carboxylic acids is 1. The third-order valence-electron chi connectivity index (χ3n) is 4.45. The summed E-state index contributed by atoms with van der Waals surface area (Å²) in [4.78, 5) is 17.1. The summed E-state index contributed by atoms with van der Waals surface area (Å²) in [6.07, 6.45) is 1.11. The number of nitrogens with one attached hydrogen (secondary N) is 1. The van der Waals surface area contributed by atoms with Crippen LogP contribution in [-0.4, -0.2) is 18.0 Å². The maximum absolute atomic E-state index is 12.5. The standard InChI is InChI=1S/C22H24N2O2S/c1-4-20(16-9-11-19(26-3)12-10-16)24-21(25)13-18-14-27-22(23-18)17-7-5-15(2)6-8-17/h5-12,14,20H,4,13H2,1-3H3,(H,24,25). The normalized spacial score (nSPS) is 11.8. The molecule has 0 saturated carbocycles. The molecule has 1 N–H and O–H groups in total. The number of rotatable bonds is 7. The van der Waals surface area contributed by atoms with Gasteiger partial charge in [-0.05, 0) is 31.0 Å². The molecule has 1 amide bonds. The predicted molar refractivity (Wildman–Crippen MR) is 110 cm³/mol. The Kier molecular flexibility index (Phi) is 6.24. The van der Waals surface area contributed by atoms with E-state index < -0.39 is 0 Å². The first kappa shape index (κ1) is 19.1. The Morgan fingerprint density at radius 3 is 2.48 bits per heavy atom. The van der Waals surface area contributed by atoms with Crippen LogP contribution in [-0.2, 0) is 11.2 Å². The molecule has 4 nitrogen and oxygen atoms in total. The number of aryl methyl sites for hydroxylation is 1. The maximum atomic E-state index is 12.5. The molecule has 0 aliphatic rings. The lowest BCUT2D eigenvalue weighted by Crippen LogP contribution is -2.29. The van der Waals surface area contributed by atoms with Crippen LogP contribution in [0, 0.1) is 6.92 Å². The van der Waals surface area contributed by atoms with Gasteiger partial charge in [-0.1, -0.05) is 48.9 Å². The second kappa shape index (κ2) is 8.82. The molecule has 0 fully saturated rings. The van der Waals surface area contributed by atoms with Crippen LogP contribution >= 0.6 is 11.3 Å². The minimum Gasteiger partial charge on any atom is -0.497 e. The number of hydrogen-bond donors (Lipinski definition) is 1. The van der Waals surface area contributed by atoms with E-state index >= 15 is 0 Å². The van der Waals surface area contributed by atoms with Crippen LogP contribution in [0.1, 0.15) is 36.2 Å². The lowest BCUT2D eigenvalue weighted by atomic mass is 10.0. The number of carbonyl (C=O) groups is 1. The highest BCUT2D eigenvalue weighted by atomic mass is 32.1. The fourth-order valence-corrected chi connectivity index (χ4v) is 3.71. The SMILES string of the molecule is CCC(NC(=O)Cc1csc(-c2ccc(C)cc2)n1)c1ccc(OC)cc1. The van der Waals surface area contributed by atoms with Gasteiger partial charge in [-0.25, -0.2) is 4.98 Å². The third-order valence-corrected chi connectivity index (χ3v) is 5.39. The van der Waals surface area contributed by atoms with Crippen molar-refractivity contribution in [2.75, 3.05) is 7.11 Å². The molecule has 140 valence electrons. The van der Waals surface area contributed by atoms with E-state index in [9.17, 15) is 4.79 Å². The minimum absolute atomic E-state index is 0.0152. The summed E-state index contributed by atoms with van der Waals surface area (Å²) in [6.45, 7) is 4.13. The van der Waals surface area contributed by atoms with Gasteiger partial charge >= 0.3 is 0 Å². The van der Waals surface area contributed by atoms with E-state index in [0.29, 0.717) is 0 Å². The van der Waals surface area contributed by atoms with Gasteiger partial charge < -0.3 is 10.1 Å². The fourth-order valence-electron chi connectivity index (χ4n) is 2.88. The van der Waals surface area contributed by atoms with Gasteiger partial charge in [-0.2, -0.15) is 0 Å². The van der Waals surface area contributed by atoms with Gasteiger partial charge in [0.15, 0.2) is 0 Å². The van der Waals surface area contributed by atoms with Gasteiger partial charge in [0.05, 0.1) is 25.3 Å². The predicted octanol–water partition coefficient (Wildman–Crippen LogP) is 4.94. The second-order valence-electron chi connectivity index (χ2n) is 6.49. The number of aromatic nitrogens is 1. The van der Waals surface area contributed by atoms with Crippen molar-refractivity contribution < 1.29 is 9.53 Å². The van der Waals surface area contributed by atoms with E-state index in [0.717, 1.165) is 34.0 Å². The summed E-state index contributed by atoms with van der Waals surface area (Å²) in [7, 11) is 1.65. The van der Waals surface area contributed by atoms with Crippen molar-refractivity contribution in [2.24, 2.45) is 0 Å². The maximum Gasteiger partial charge on any atom is 0.226 e. The molecule has 0 spiro atoms. The molecule has 1 heterocycles. The van der Waals surface area contributed by atoms with Crippen LogP contribution in [0.2, 0.25) is 0 Å². The number of methoxy groups -OCH3 is 1. The van der Waals surface area contributed by atoms with Crippen LogP contribution in [0.4, 0.5) is 0 Å². The van der Waals surface area contributed by atoms with Crippen LogP contribution in [0.25, 0.3) is 10.6 Å². The highest BCUT2D eigenvalue weighted by Crippen LogP contribution is 2.25. The van der Waals surface area contributed by atoms with Crippen molar-refractivity contribution in [2.45, 2.75) is 32.7 Å². The Hall–Kier alpha value is -2.66. The smallest absolute Gasteiger partial charge is 0.226 e. The first-order chi connectivity index (χ1) is 13.1. The third kappa shape index (κ3) is 4.95. The Morgan fingerprint density at radius 2 is 1.85 bits per heavy atom. The summed E-state index contributed by atoms with van der Waals surface area (Å²) in [5.74, 6) is 0.796. The largest absolute Gasteiger partial charge is 0.497 e. The van der Waals surface area contributed by atoms with Crippen LogP contribution in [0.5, 0.6) is 5.75 Å². The molecular formula is C22H24N2O2S. The fraction of sp³-hybridized carbons (Fsp3) is 0.273. The molecule has 1 unspecified atom stereocenters. The first-order valence-corrected chi connectivity index (χ1v) is 9.91. The molecule has 0 saturated heterocycles. The number of nitrogens with zero attached hydrogens (tertiary/aromatic N) is 1. The van der Waals surface area contributed by atoms with Crippen molar-refractivity contribution in [1.29, 1.82) is 0 Å². The molecular weight excluding hydrogens is 356 g/mol. The van der Waals surface area contributed by atoms with E-state index in [1.165, 1.54) is 5.56 Å². The first-order valence-electron chi connectivity index (χ1n) is 9.03. The van der Waals surface area contributed by atoms with Gasteiger partial charge in [0.2, 0.25) is 5.91 Å². The van der Waals surface area contributed by atoms with Crippen molar-refractivity contribution in [1.82, 2.24) is 10.3 Å². The summed E-state index contributed by atoms with van der Waals surface area (Å²) in [5, 5.41) is 6.02. The Labute approximate surface area is 164 Å². The molecule has 0 aliphatic heterocycles. The molecule has 0 aliphatic carbocycles. The number of benzene rings is 2. The van der Waals surface area contributed by atoms with E-state index in [2.05, 4.69) is 48.4 Å². The number of hydrogen-bond acceptors (Lipinski definition) is 4. The molecule has 1 atom stereocenters. The minimum atomic E-state index is -0.0153. The molecule has 3 rings (SSSR count). The topological polar surface area (TPSA) is 51.2 Å². The van der Waals surface area contributed by atoms with E-state index in [1.54, 1.807) is 18.4 Å². The van der Waals surface area contributed by atoms with Crippen molar-refractivity contribution >= 4 is 17.2 Å². The van der Waals surface area contributed by atoms with Crippen molar-refractivity contribution in [3.8, 4) is 16.3 Å². The van der Waals surface area contributed by atoms with E-state index in [-0.39, 0.29) is 18.4 Å². The van der Waals surface area contributed by atoms with Gasteiger partial charge in [0.1, 0.15) is 10.8 Å².